The quantitative estimate of drug-likeness (QED) is 0.776. The van der Waals surface area contributed by atoms with E-state index in [4.69, 9.17) is 0 Å². The molecule has 0 bridgehead atoms. The van der Waals surface area contributed by atoms with E-state index in [1.54, 1.807) is 6.33 Å². The van der Waals surface area contributed by atoms with Crippen LogP contribution in [0.1, 0.15) is 19.5 Å². The standard InChI is InChI=1S/C10H16BrN3/c1-8(2)14(5-4-11)10-6-9(3)12-7-13-10/h6-8H,4-5H2,1-3H3. The Hall–Kier alpha value is -0.640. The average molecular weight is 258 g/mol. The van der Waals surface area contributed by atoms with Crippen molar-refractivity contribution in [3.63, 3.8) is 0 Å². The molecular weight excluding hydrogens is 242 g/mol. The molecule has 0 spiro atoms. The van der Waals surface area contributed by atoms with Gasteiger partial charge < -0.3 is 4.90 Å². The Morgan fingerprint density at radius 2 is 2.14 bits per heavy atom. The van der Waals surface area contributed by atoms with Crippen molar-refractivity contribution in [1.82, 2.24) is 9.97 Å². The van der Waals surface area contributed by atoms with E-state index in [2.05, 4.69) is 44.6 Å². The van der Waals surface area contributed by atoms with Gasteiger partial charge in [0.25, 0.3) is 0 Å². The molecule has 1 aromatic rings. The lowest BCUT2D eigenvalue weighted by Crippen LogP contribution is -2.33. The largest absolute Gasteiger partial charge is 0.353 e. The van der Waals surface area contributed by atoms with Crippen molar-refractivity contribution >= 4 is 21.7 Å². The minimum Gasteiger partial charge on any atom is -0.353 e. The van der Waals surface area contributed by atoms with E-state index in [9.17, 15) is 0 Å². The smallest absolute Gasteiger partial charge is 0.132 e. The van der Waals surface area contributed by atoms with Crippen molar-refractivity contribution in [2.45, 2.75) is 26.8 Å². The molecule has 1 heterocycles. The summed E-state index contributed by atoms with van der Waals surface area (Å²) in [6, 6.07) is 2.48. The van der Waals surface area contributed by atoms with Crippen molar-refractivity contribution in [3.8, 4) is 0 Å². The van der Waals surface area contributed by atoms with Gasteiger partial charge in [-0.25, -0.2) is 9.97 Å². The molecule has 0 saturated carbocycles. The summed E-state index contributed by atoms with van der Waals surface area (Å²) >= 11 is 3.45. The van der Waals surface area contributed by atoms with Gasteiger partial charge in [0.2, 0.25) is 0 Å². The summed E-state index contributed by atoms with van der Waals surface area (Å²) in [6.07, 6.45) is 1.62. The van der Waals surface area contributed by atoms with Crippen molar-refractivity contribution in [2.75, 3.05) is 16.8 Å². The van der Waals surface area contributed by atoms with Crippen LogP contribution in [0.25, 0.3) is 0 Å². The highest BCUT2D eigenvalue weighted by Crippen LogP contribution is 2.13. The van der Waals surface area contributed by atoms with Gasteiger partial charge in [-0.15, -0.1) is 0 Å². The van der Waals surface area contributed by atoms with Crippen LogP contribution in [0.15, 0.2) is 12.4 Å². The molecule has 0 fully saturated rings. The number of aromatic nitrogens is 2. The average Bonchev–Trinajstić information content (AvgIpc) is 2.13. The molecule has 0 atom stereocenters. The fraction of sp³-hybridized carbons (Fsp3) is 0.600. The Bertz CT molecular complexity index is 288. The number of hydrogen-bond donors (Lipinski definition) is 0. The third kappa shape index (κ3) is 2.94. The highest BCUT2D eigenvalue weighted by molar-refractivity contribution is 9.09. The van der Waals surface area contributed by atoms with Crippen LogP contribution in [0.2, 0.25) is 0 Å². The zero-order chi connectivity index (χ0) is 10.6. The minimum atomic E-state index is 0.460. The molecule has 0 saturated heterocycles. The summed E-state index contributed by atoms with van der Waals surface area (Å²) in [5.74, 6) is 1.01. The molecule has 14 heavy (non-hydrogen) atoms. The molecular formula is C10H16BrN3. The van der Waals surface area contributed by atoms with Gasteiger partial charge in [-0.1, -0.05) is 15.9 Å². The molecule has 78 valence electrons. The van der Waals surface area contributed by atoms with Crippen LogP contribution in [0.4, 0.5) is 5.82 Å². The maximum absolute atomic E-state index is 4.27. The van der Waals surface area contributed by atoms with Crippen LogP contribution in [0, 0.1) is 6.92 Å². The Balaban J connectivity index is 2.87. The number of rotatable bonds is 4. The summed E-state index contributed by atoms with van der Waals surface area (Å²) in [6.45, 7) is 7.28. The van der Waals surface area contributed by atoms with Crippen molar-refractivity contribution in [3.05, 3.63) is 18.1 Å². The summed E-state index contributed by atoms with van der Waals surface area (Å²) in [7, 11) is 0. The third-order valence-electron chi connectivity index (χ3n) is 2.03. The van der Waals surface area contributed by atoms with E-state index in [1.165, 1.54) is 0 Å². The normalized spacial score (nSPS) is 10.6. The molecule has 0 aromatic carbocycles. The predicted molar refractivity (Wildman–Crippen MR) is 63.0 cm³/mol. The van der Waals surface area contributed by atoms with Gasteiger partial charge in [0.1, 0.15) is 12.1 Å². The number of alkyl halides is 1. The van der Waals surface area contributed by atoms with E-state index in [0.29, 0.717) is 6.04 Å². The van der Waals surface area contributed by atoms with Crippen molar-refractivity contribution < 1.29 is 0 Å². The number of halogens is 1. The van der Waals surface area contributed by atoms with Gasteiger partial charge >= 0.3 is 0 Å². The molecule has 0 aliphatic carbocycles. The van der Waals surface area contributed by atoms with Crippen molar-refractivity contribution in [2.24, 2.45) is 0 Å². The van der Waals surface area contributed by atoms with Crippen LogP contribution in [-0.4, -0.2) is 27.9 Å². The fourth-order valence-electron chi connectivity index (χ4n) is 1.33. The molecule has 4 heteroatoms. The fourth-order valence-corrected chi connectivity index (χ4v) is 1.71. The molecule has 1 rings (SSSR count). The summed E-state index contributed by atoms with van der Waals surface area (Å²) < 4.78 is 0. The molecule has 0 amide bonds. The summed E-state index contributed by atoms with van der Waals surface area (Å²) in [5, 5.41) is 0.953. The minimum absolute atomic E-state index is 0.460. The third-order valence-corrected chi connectivity index (χ3v) is 2.39. The first kappa shape index (κ1) is 11.4. The molecule has 0 aliphatic rings. The van der Waals surface area contributed by atoms with E-state index >= 15 is 0 Å². The second-order valence-electron chi connectivity index (χ2n) is 3.49. The van der Waals surface area contributed by atoms with Gasteiger partial charge in [0.15, 0.2) is 0 Å². The van der Waals surface area contributed by atoms with E-state index < -0.39 is 0 Å². The predicted octanol–water partition coefficient (Wildman–Crippen LogP) is 2.39. The maximum atomic E-state index is 4.27. The highest BCUT2D eigenvalue weighted by Gasteiger charge is 2.10. The lowest BCUT2D eigenvalue weighted by molar-refractivity contribution is 0.695. The molecule has 0 unspecified atom stereocenters. The van der Waals surface area contributed by atoms with Crippen LogP contribution in [-0.2, 0) is 0 Å². The van der Waals surface area contributed by atoms with Gasteiger partial charge in [-0.3, -0.25) is 0 Å². The van der Waals surface area contributed by atoms with Gasteiger partial charge in [0.05, 0.1) is 0 Å². The Morgan fingerprint density at radius 3 is 2.64 bits per heavy atom. The second kappa shape index (κ2) is 5.29. The zero-order valence-electron chi connectivity index (χ0n) is 8.87. The van der Waals surface area contributed by atoms with Gasteiger partial charge in [-0.05, 0) is 20.8 Å². The molecule has 1 aromatic heterocycles. The first-order valence-corrected chi connectivity index (χ1v) is 5.88. The topological polar surface area (TPSA) is 29.0 Å². The first-order valence-electron chi connectivity index (χ1n) is 4.76. The molecule has 0 N–H and O–H groups in total. The number of nitrogens with zero attached hydrogens (tertiary/aromatic N) is 3. The van der Waals surface area contributed by atoms with E-state index in [1.807, 2.05) is 13.0 Å². The first-order chi connectivity index (χ1) is 6.65. The lowest BCUT2D eigenvalue weighted by Gasteiger charge is -2.26. The zero-order valence-corrected chi connectivity index (χ0v) is 10.5. The summed E-state index contributed by atoms with van der Waals surface area (Å²) in [5.41, 5.74) is 1.01. The molecule has 0 aliphatic heterocycles. The van der Waals surface area contributed by atoms with E-state index in [-0.39, 0.29) is 0 Å². The Morgan fingerprint density at radius 1 is 1.43 bits per heavy atom. The van der Waals surface area contributed by atoms with Gasteiger partial charge in [0, 0.05) is 29.7 Å². The monoisotopic (exact) mass is 257 g/mol. The Kier molecular flexibility index (Phi) is 4.32. The van der Waals surface area contributed by atoms with Crippen LogP contribution in [0.3, 0.4) is 0 Å². The number of anilines is 1. The molecule has 0 radical (unpaired) electrons. The van der Waals surface area contributed by atoms with Crippen molar-refractivity contribution in [1.29, 1.82) is 0 Å². The van der Waals surface area contributed by atoms with Gasteiger partial charge in [-0.2, -0.15) is 0 Å². The lowest BCUT2D eigenvalue weighted by atomic mass is 10.3. The van der Waals surface area contributed by atoms with Crippen LogP contribution < -0.4 is 4.90 Å². The number of hydrogen-bond acceptors (Lipinski definition) is 3. The van der Waals surface area contributed by atoms with E-state index in [0.717, 1.165) is 23.4 Å². The summed E-state index contributed by atoms with van der Waals surface area (Å²) in [4.78, 5) is 10.6. The number of aryl methyl sites for hydroxylation is 1. The molecule has 3 nitrogen and oxygen atoms in total. The van der Waals surface area contributed by atoms with Crippen LogP contribution in [0.5, 0.6) is 0 Å². The highest BCUT2D eigenvalue weighted by atomic mass is 79.9. The maximum Gasteiger partial charge on any atom is 0.132 e. The Labute approximate surface area is 93.7 Å². The SMILES string of the molecule is Cc1cc(N(CCBr)C(C)C)ncn1. The van der Waals surface area contributed by atoms with Crippen LogP contribution >= 0.6 is 15.9 Å². The second-order valence-corrected chi connectivity index (χ2v) is 4.29.